The van der Waals surface area contributed by atoms with Crippen LogP contribution in [0, 0.1) is 19.8 Å². The quantitative estimate of drug-likeness (QED) is 0.484. The molecule has 35 heavy (non-hydrogen) atoms. The summed E-state index contributed by atoms with van der Waals surface area (Å²) in [6.07, 6.45) is -0.0412. The van der Waals surface area contributed by atoms with Gasteiger partial charge in [0, 0.05) is 11.6 Å². The number of nitrogens with one attached hydrogen (secondary N) is 2. The van der Waals surface area contributed by atoms with Crippen molar-refractivity contribution in [1.29, 1.82) is 0 Å². The third-order valence-corrected chi connectivity index (χ3v) is 6.03. The van der Waals surface area contributed by atoms with Gasteiger partial charge in [0.25, 0.3) is 0 Å². The lowest BCUT2D eigenvalue weighted by Gasteiger charge is -2.45. The van der Waals surface area contributed by atoms with Gasteiger partial charge in [0.1, 0.15) is 17.7 Å². The van der Waals surface area contributed by atoms with Gasteiger partial charge in [-0.1, -0.05) is 44.5 Å². The van der Waals surface area contributed by atoms with Gasteiger partial charge in [0.2, 0.25) is 11.8 Å². The van der Waals surface area contributed by atoms with E-state index in [0.717, 1.165) is 16.7 Å². The van der Waals surface area contributed by atoms with Crippen LogP contribution < -0.4 is 10.6 Å². The Balaban J connectivity index is 3.71. The predicted octanol–water partition coefficient (Wildman–Crippen LogP) is 5.44. The number of benzene rings is 1. The van der Waals surface area contributed by atoms with Gasteiger partial charge in [-0.3, -0.25) is 9.59 Å². The highest BCUT2D eigenvalue weighted by Gasteiger charge is 2.44. The fourth-order valence-corrected chi connectivity index (χ4v) is 3.86. The standard InChI is InChI=1S/C28H47N3O4/c1-13-28(11,12)31(25(33)22(17(2)3)30-26(34)35-27(8,9)10)23(24(32)29-18(4)5)21-16-19(6)14-15-20(21)7/h14-18,22-23H,13H2,1-12H3,(H,29,32)(H,30,34). The summed E-state index contributed by atoms with van der Waals surface area (Å²) in [5.74, 6) is -0.788. The number of ether oxygens (including phenoxy) is 1. The number of aryl methyl sites for hydroxylation is 2. The minimum Gasteiger partial charge on any atom is -0.444 e. The number of nitrogens with zero attached hydrogens (tertiary/aromatic N) is 1. The third kappa shape index (κ3) is 8.55. The molecule has 0 fully saturated rings. The summed E-state index contributed by atoms with van der Waals surface area (Å²) < 4.78 is 5.44. The lowest BCUT2D eigenvalue weighted by atomic mass is 9.88. The van der Waals surface area contributed by atoms with Gasteiger partial charge in [0.15, 0.2) is 0 Å². The molecule has 0 saturated heterocycles. The van der Waals surface area contributed by atoms with Gasteiger partial charge in [-0.15, -0.1) is 0 Å². The van der Waals surface area contributed by atoms with Crippen molar-refractivity contribution in [3.63, 3.8) is 0 Å². The fraction of sp³-hybridized carbons (Fsp3) is 0.679. The van der Waals surface area contributed by atoms with Crippen molar-refractivity contribution < 1.29 is 19.1 Å². The summed E-state index contributed by atoms with van der Waals surface area (Å²) in [5.41, 5.74) is 1.33. The van der Waals surface area contributed by atoms with Crippen LogP contribution in [0.2, 0.25) is 0 Å². The molecule has 1 aromatic carbocycles. The SMILES string of the molecule is CCC(C)(C)N(C(=O)C(NC(=O)OC(C)(C)C)C(C)C)C(C(=O)NC(C)C)c1cc(C)ccc1C. The highest BCUT2D eigenvalue weighted by atomic mass is 16.6. The van der Waals surface area contributed by atoms with E-state index in [1.807, 2.05) is 80.5 Å². The Morgan fingerprint density at radius 1 is 0.971 bits per heavy atom. The van der Waals surface area contributed by atoms with Gasteiger partial charge in [-0.25, -0.2) is 4.79 Å². The number of rotatable bonds is 9. The van der Waals surface area contributed by atoms with E-state index in [0.29, 0.717) is 6.42 Å². The van der Waals surface area contributed by atoms with Crippen molar-refractivity contribution >= 4 is 17.9 Å². The molecule has 0 aliphatic carbocycles. The van der Waals surface area contributed by atoms with Crippen LogP contribution in [0.4, 0.5) is 4.79 Å². The Morgan fingerprint density at radius 2 is 1.54 bits per heavy atom. The number of carbonyl (C=O) groups is 3. The number of hydrogen-bond donors (Lipinski definition) is 2. The van der Waals surface area contributed by atoms with E-state index in [-0.39, 0.29) is 23.8 Å². The first-order valence-corrected chi connectivity index (χ1v) is 12.6. The Hall–Kier alpha value is -2.57. The van der Waals surface area contributed by atoms with Crippen molar-refractivity contribution in [2.45, 2.75) is 119 Å². The van der Waals surface area contributed by atoms with Crippen molar-refractivity contribution in [3.05, 3.63) is 34.9 Å². The molecule has 0 spiro atoms. The van der Waals surface area contributed by atoms with Crippen LogP contribution in [0.5, 0.6) is 0 Å². The maximum atomic E-state index is 14.3. The second-order valence-corrected chi connectivity index (χ2v) is 11.7. The van der Waals surface area contributed by atoms with Gasteiger partial charge in [-0.2, -0.15) is 0 Å². The second-order valence-electron chi connectivity index (χ2n) is 11.7. The summed E-state index contributed by atoms with van der Waals surface area (Å²) >= 11 is 0. The van der Waals surface area contributed by atoms with E-state index in [2.05, 4.69) is 10.6 Å². The lowest BCUT2D eigenvalue weighted by Crippen LogP contribution is -2.60. The maximum absolute atomic E-state index is 14.3. The molecule has 1 aromatic rings. The van der Waals surface area contributed by atoms with Crippen molar-refractivity contribution in [1.82, 2.24) is 15.5 Å². The zero-order valence-corrected chi connectivity index (χ0v) is 23.8. The molecule has 0 aliphatic heterocycles. The first kappa shape index (κ1) is 30.5. The number of hydrogen-bond acceptors (Lipinski definition) is 4. The Kier molecular flexibility index (Phi) is 10.4. The molecule has 2 N–H and O–H groups in total. The van der Waals surface area contributed by atoms with Crippen LogP contribution in [-0.2, 0) is 14.3 Å². The van der Waals surface area contributed by atoms with Crippen LogP contribution in [0.15, 0.2) is 18.2 Å². The lowest BCUT2D eigenvalue weighted by molar-refractivity contribution is -0.150. The maximum Gasteiger partial charge on any atom is 0.408 e. The monoisotopic (exact) mass is 489 g/mol. The minimum absolute atomic E-state index is 0.0995. The summed E-state index contributed by atoms with van der Waals surface area (Å²) in [7, 11) is 0. The molecule has 0 aromatic heterocycles. The first-order valence-electron chi connectivity index (χ1n) is 12.6. The van der Waals surface area contributed by atoms with E-state index in [4.69, 9.17) is 4.74 Å². The molecule has 0 saturated carbocycles. The predicted molar refractivity (Wildman–Crippen MR) is 141 cm³/mol. The molecule has 2 unspecified atom stereocenters. The minimum atomic E-state index is -0.866. The van der Waals surface area contributed by atoms with Crippen molar-refractivity contribution in [2.24, 2.45) is 5.92 Å². The molecule has 0 aliphatic rings. The van der Waals surface area contributed by atoms with E-state index < -0.39 is 29.3 Å². The van der Waals surface area contributed by atoms with Crippen LogP contribution in [0.25, 0.3) is 0 Å². The molecular formula is C28H47N3O4. The molecular weight excluding hydrogens is 442 g/mol. The molecule has 7 heteroatoms. The first-order chi connectivity index (χ1) is 15.9. The topological polar surface area (TPSA) is 87.7 Å². The smallest absolute Gasteiger partial charge is 0.408 e. The molecule has 0 heterocycles. The Bertz CT molecular complexity index is 900. The molecule has 0 radical (unpaired) electrons. The molecule has 2 atom stereocenters. The number of amides is 3. The number of carbonyl (C=O) groups excluding carboxylic acids is 3. The summed E-state index contributed by atoms with van der Waals surface area (Å²) in [5, 5.41) is 5.79. The summed E-state index contributed by atoms with van der Waals surface area (Å²) in [6.45, 7) is 22.7. The average Bonchev–Trinajstić information content (AvgIpc) is 2.69. The average molecular weight is 490 g/mol. The fourth-order valence-electron chi connectivity index (χ4n) is 3.86. The van der Waals surface area contributed by atoms with Crippen molar-refractivity contribution in [3.8, 4) is 0 Å². The Morgan fingerprint density at radius 3 is 2.00 bits per heavy atom. The molecule has 3 amide bonds. The molecule has 1 rings (SSSR count). The van der Waals surface area contributed by atoms with Crippen molar-refractivity contribution in [2.75, 3.05) is 0 Å². The van der Waals surface area contributed by atoms with Crippen LogP contribution in [0.3, 0.4) is 0 Å². The van der Waals surface area contributed by atoms with Gasteiger partial charge >= 0.3 is 6.09 Å². The molecule has 7 nitrogen and oxygen atoms in total. The highest BCUT2D eigenvalue weighted by molar-refractivity contribution is 5.93. The van der Waals surface area contributed by atoms with Crippen LogP contribution in [0.1, 0.15) is 98.4 Å². The van der Waals surface area contributed by atoms with Crippen LogP contribution >= 0.6 is 0 Å². The highest BCUT2D eigenvalue weighted by Crippen LogP contribution is 2.34. The summed E-state index contributed by atoms with van der Waals surface area (Å²) in [6, 6.07) is 4.11. The Labute approximate surface area is 212 Å². The van der Waals surface area contributed by atoms with E-state index in [1.165, 1.54) is 0 Å². The second kappa shape index (κ2) is 11.9. The summed E-state index contributed by atoms with van der Waals surface area (Å²) in [4.78, 5) is 42.3. The van der Waals surface area contributed by atoms with E-state index in [9.17, 15) is 14.4 Å². The van der Waals surface area contributed by atoms with Gasteiger partial charge in [0.05, 0.1) is 0 Å². The molecule has 0 bridgehead atoms. The molecule has 198 valence electrons. The zero-order valence-electron chi connectivity index (χ0n) is 23.8. The number of alkyl carbamates (subject to hydrolysis) is 1. The van der Waals surface area contributed by atoms with Gasteiger partial charge < -0.3 is 20.3 Å². The van der Waals surface area contributed by atoms with Crippen LogP contribution in [-0.4, -0.2) is 46.0 Å². The van der Waals surface area contributed by atoms with Gasteiger partial charge in [-0.05, 0) is 85.8 Å². The van der Waals surface area contributed by atoms with E-state index >= 15 is 0 Å². The third-order valence-electron chi connectivity index (χ3n) is 6.03. The normalized spacial score (nSPS) is 13.9. The largest absolute Gasteiger partial charge is 0.444 e. The zero-order chi connectivity index (χ0) is 27.3. The van der Waals surface area contributed by atoms with E-state index in [1.54, 1.807) is 25.7 Å².